The van der Waals surface area contributed by atoms with Crippen molar-refractivity contribution in [3.05, 3.63) is 35.7 Å². The summed E-state index contributed by atoms with van der Waals surface area (Å²) >= 11 is 0. The summed E-state index contributed by atoms with van der Waals surface area (Å²) in [5.41, 5.74) is 3.78. The standard InChI is InChI=1S/C11H14N2/c1-8(2)10-5-4-9(3)13-11(10)6-7-12-13/h4-8H,1-3H3. The summed E-state index contributed by atoms with van der Waals surface area (Å²) in [6, 6.07) is 6.38. The quantitative estimate of drug-likeness (QED) is 0.649. The van der Waals surface area contributed by atoms with E-state index in [1.807, 2.05) is 10.7 Å². The van der Waals surface area contributed by atoms with Crippen LogP contribution >= 0.6 is 0 Å². The van der Waals surface area contributed by atoms with E-state index >= 15 is 0 Å². The Kier molecular flexibility index (Phi) is 1.83. The molecule has 2 heteroatoms. The first-order valence-corrected chi connectivity index (χ1v) is 4.63. The molecule has 0 spiro atoms. The van der Waals surface area contributed by atoms with Crippen LogP contribution in [0.5, 0.6) is 0 Å². The number of rotatable bonds is 1. The summed E-state index contributed by atoms with van der Waals surface area (Å²) in [6.45, 7) is 6.49. The van der Waals surface area contributed by atoms with Crippen LogP contribution in [0, 0.1) is 6.92 Å². The van der Waals surface area contributed by atoms with Crippen molar-refractivity contribution in [1.29, 1.82) is 0 Å². The zero-order valence-corrected chi connectivity index (χ0v) is 8.28. The molecule has 2 heterocycles. The van der Waals surface area contributed by atoms with Crippen LogP contribution in [-0.2, 0) is 0 Å². The minimum absolute atomic E-state index is 0.555. The second kappa shape index (κ2) is 2.87. The van der Waals surface area contributed by atoms with Crippen LogP contribution in [0.4, 0.5) is 0 Å². The molecule has 0 radical (unpaired) electrons. The van der Waals surface area contributed by atoms with E-state index in [1.54, 1.807) is 0 Å². The van der Waals surface area contributed by atoms with Gasteiger partial charge in [-0.1, -0.05) is 19.9 Å². The van der Waals surface area contributed by atoms with Crippen LogP contribution in [0.1, 0.15) is 31.0 Å². The van der Waals surface area contributed by atoms with E-state index in [0.29, 0.717) is 5.92 Å². The molecule has 0 aliphatic rings. The van der Waals surface area contributed by atoms with Crippen molar-refractivity contribution in [1.82, 2.24) is 9.61 Å². The smallest absolute Gasteiger partial charge is 0.0699 e. The first-order chi connectivity index (χ1) is 6.20. The fraction of sp³-hybridized carbons (Fsp3) is 0.364. The molecule has 2 aromatic heterocycles. The van der Waals surface area contributed by atoms with Gasteiger partial charge in [-0.3, -0.25) is 0 Å². The van der Waals surface area contributed by atoms with Gasteiger partial charge in [-0.15, -0.1) is 0 Å². The van der Waals surface area contributed by atoms with Gasteiger partial charge in [0.05, 0.1) is 5.52 Å². The second-order valence-corrected chi connectivity index (χ2v) is 3.71. The summed E-state index contributed by atoms with van der Waals surface area (Å²) < 4.78 is 2.00. The SMILES string of the molecule is Cc1ccc(C(C)C)c2ccnn12. The molecule has 0 saturated carbocycles. The third kappa shape index (κ3) is 1.22. The van der Waals surface area contributed by atoms with Crippen molar-refractivity contribution < 1.29 is 0 Å². The lowest BCUT2D eigenvalue weighted by Crippen LogP contribution is -1.97. The van der Waals surface area contributed by atoms with Gasteiger partial charge < -0.3 is 0 Å². The molecule has 0 saturated heterocycles. The van der Waals surface area contributed by atoms with E-state index in [-0.39, 0.29) is 0 Å². The Balaban J connectivity index is 2.78. The van der Waals surface area contributed by atoms with Crippen LogP contribution in [0.25, 0.3) is 5.52 Å². The summed E-state index contributed by atoms with van der Waals surface area (Å²) in [4.78, 5) is 0. The van der Waals surface area contributed by atoms with Crippen LogP contribution in [0.15, 0.2) is 24.4 Å². The monoisotopic (exact) mass is 174 g/mol. The molecule has 0 fully saturated rings. The molecular formula is C11H14N2. The highest BCUT2D eigenvalue weighted by Crippen LogP contribution is 2.20. The second-order valence-electron chi connectivity index (χ2n) is 3.71. The Labute approximate surface area is 78.2 Å². The van der Waals surface area contributed by atoms with E-state index < -0.39 is 0 Å². The van der Waals surface area contributed by atoms with Gasteiger partial charge in [0.15, 0.2) is 0 Å². The summed E-state index contributed by atoms with van der Waals surface area (Å²) in [6.07, 6.45) is 1.86. The Morgan fingerprint density at radius 3 is 2.69 bits per heavy atom. The first kappa shape index (κ1) is 8.30. The number of hydrogen-bond acceptors (Lipinski definition) is 1. The number of hydrogen-bond donors (Lipinski definition) is 0. The average Bonchev–Trinajstić information content (AvgIpc) is 2.53. The summed E-state index contributed by atoms with van der Waals surface area (Å²) in [7, 11) is 0. The van der Waals surface area contributed by atoms with Crippen molar-refractivity contribution in [2.45, 2.75) is 26.7 Å². The molecular weight excluding hydrogens is 160 g/mol. The van der Waals surface area contributed by atoms with E-state index in [9.17, 15) is 0 Å². The lowest BCUT2D eigenvalue weighted by molar-refractivity contribution is 0.842. The maximum atomic E-state index is 4.28. The topological polar surface area (TPSA) is 17.3 Å². The Bertz CT molecular complexity index is 427. The number of fused-ring (bicyclic) bond motifs is 1. The van der Waals surface area contributed by atoms with Gasteiger partial charge in [-0.25, -0.2) is 4.52 Å². The molecule has 0 amide bonds. The summed E-state index contributed by atoms with van der Waals surface area (Å²) in [5.74, 6) is 0.555. The molecule has 68 valence electrons. The highest BCUT2D eigenvalue weighted by Gasteiger charge is 2.06. The fourth-order valence-electron chi connectivity index (χ4n) is 1.66. The number of nitrogens with zero attached hydrogens (tertiary/aromatic N) is 2. The molecule has 2 nitrogen and oxygen atoms in total. The van der Waals surface area contributed by atoms with E-state index in [0.717, 1.165) is 0 Å². The maximum absolute atomic E-state index is 4.28. The van der Waals surface area contributed by atoms with Crippen molar-refractivity contribution in [2.24, 2.45) is 0 Å². The van der Waals surface area contributed by atoms with Gasteiger partial charge in [0.2, 0.25) is 0 Å². The Morgan fingerprint density at radius 1 is 1.23 bits per heavy atom. The Morgan fingerprint density at radius 2 is 2.00 bits per heavy atom. The average molecular weight is 174 g/mol. The minimum atomic E-state index is 0.555. The number of pyridine rings is 1. The normalized spacial score (nSPS) is 11.4. The molecule has 0 aliphatic heterocycles. The molecule has 0 aliphatic carbocycles. The van der Waals surface area contributed by atoms with Crippen LogP contribution < -0.4 is 0 Å². The third-order valence-electron chi connectivity index (χ3n) is 2.40. The summed E-state index contributed by atoms with van der Waals surface area (Å²) in [5, 5.41) is 4.28. The van der Waals surface area contributed by atoms with Crippen LogP contribution in [0.3, 0.4) is 0 Å². The van der Waals surface area contributed by atoms with Crippen molar-refractivity contribution >= 4 is 5.52 Å². The molecule has 0 aromatic carbocycles. The van der Waals surface area contributed by atoms with Gasteiger partial charge in [0.25, 0.3) is 0 Å². The lowest BCUT2D eigenvalue weighted by atomic mass is 10.0. The first-order valence-electron chi connectivity index (χ1n) is 4.63. The van der Waals surface area contributed by atoms with Crippen molar-refractivity contribution in [3.8, 4) is 0 Å². The maximum Gasteiger partial charge on any atom is 0.0699 e. The largest absolute Gasteiger partial charge is 0.238 e. The van der Waals surface area contributed by atoms with Crippen LogP contribution in [-0.4, -0.2) is 9.61 Å². The zero-order chi connectivity index (χ0) is 9.42. The zero-order valence-electron chi connectivity index (χ0n) is 8.28. The Hall–Kier alpha value is -1.31. The van der Waals surface area contributed by atoms with E-state index in [2.05, 4.69) is 44.1 Å². The predicted octanol–water partition coefficient (Wildman–Crippen LogP) is 2.77. The number of aromatic nitrogens is 2. The van der Waals surface area contributed by atoms with Gasteiger partial charge in [-0.2, -0.15) is 5.10 Å². The highest BCUT2D eigenvalue weighted by atomic mass is 15.2. The van der Waals surface area contributed by atoms with Crippen LogP contribution in [0.2, 0.25) is 0 Å². The van der Waals surface area contributed by atoms with E-state index in [4.69, 9.17) is 0 Å². The molecule has 0 atom stereocenters. The lowest BCUT2D eigenvalue weighted by Gasteiger charge is -2.08. The van der Waals surface area contributed by atoms with E-state index in [1.165, 1.54) is 16.8 Å². The van der Waals surface area contributed by atoms with Crippen molar-refractivity contribution in [3.63, 3.8) is 0 Å². The molecule has 2 aromatic rings. The fourth-order valence-corrected chi connectivity index (χ4v) is 1.66. The van der Waals surface area contributed by atoms with Crippen molar-refractivity contribution in [2.75, 3.05) is 0 Å². The molecule has 0 bridgehead atoms. The molecule has 2 rings (SSSR count). The van der Waals surface area contributed by atoms with Gasteiger partial charge in [-0.05, 0) is 30.5 Å². The predicted molar refractivity (Wildman–Crippen MR) is 54.0 cm³/mol. The third-order valence-corrected chi connectivity index (χ3v) is 2.40. The highest BCUT2D eigenvalue weighted by molar-refractivity contribution is 5.55. The van der Waals surface area contributed by atoms with Gasteiger partial charge >= 0.3 is 0 Å². The molecule has 0 N–H and O–H groups in total. The number of aryl methyl sites for hydroxylation is 1. The minimum Gasteiger partial charge on any atom is -0.238 e. The molecule has 13 heavy (non-hydrogen) atoms. The van der Waals surface area contributed by atoms with Gasteiger partial charge in [0, 0.05) is 11.9 Å². The van der Waals surface area contributed by atoms with Gasteiger partial charge in [0.1, 0.15) is 0 Å². The molecule has 0 unspecified atom stereocenters.